The highest BCUT2D eigenvalue weighted by atomic mass is 16.5. The molecule has 2 unspecified atom stereocenters. The van der Waals surface area contributed by atoms with Crippen LogP contribution in [0.4, 0.5) is 0 Å². The van der Waals surface area contributed by atoms with Gasteiger partial charge in [-0.25, -0.2) is 0 Å². The molecule has 3 heterocycles. The van der Waals surface area contributed by atoms with E-state index in [1.807, 2.05) is 24.3 Å². The van der Waals surface area contributed by atoms with E-state index in [0.717, 1.165) is 43.4 Å². The van der Waals surface area contributed by atoms with Gasteiger partial charge in [0.05, 0.1) is 18.7 Å². The first kappa shape index (κ1) is 16.5. The lowest BCUT2D eigenvalue weighted by atomic mass is 9.88. The van der Waals surface area contributed by atoms with Crippen molar-refractivity contribution in [1.82, 2.24) is 20.4 Å². The third-order valence-electron chi connectivity index (χ3n) is 5.70. The third kappa shape index (κ3) is 3.04. The molecule has 1 aromatic heterocycles. The number of aromatic nitrogens is 2. The first-order valence-corrected chi connectivity index (χ1v) is 9.26. The Morgan fingerprint density at radius 3 is 2.80 bits per heavy atom. The standard InChI is InChI=1S/C19H26N4O2/c1-3-12(2)23-14-8-13(9-15(23)11-25-10-14)20-19(24)18-16-6-4-5-7-17(16)21-22-18/h4-7,12-15H,3,8-11H2,1-2H3,(H,20,24)(H,21,22)/t12?,13?,14-,15+. The average molecular weight is 342 g/mol. The number of carbonyl (C=O) groups is 1. The molecule has 2 aliphatic heterocycles. The number of amides is 1. The summed E-state index contributed by atoms with van der Waals surface area (Å²) in [5.41, 5.74) is 1.38. The molecule has 4 rings (SSSR count). The van der Waals surface area contributed by atoms with Crippen molar-refractivity contribution >= 4 is 16.8 Å². The number of hydrogen-bond donors (Lipinski definition) is 2. The van der Waals surface area contributed by atoms with Crippen LogP contribution in [0.1, 0.15) is 43.6 Å². The molecule has 2 bridgehead atoms. The monoisotopic (exact) mass is 342 g/mol. The SMILES string of the molecule is CCC(C)N1[C@@H]2COC[C@H]1CC(NC(=O)c1n[nH]c3ccccc13)C2. The van der Waals surface area contributed by atoms with Crippen LogP contribution in [0.2, 0.25) is 0 Å². The van der Waals surface area contributed by atoms with Gasteiger partial charge in [-0.05, 0) is 32.3 Å². The van der Waals surface area contributed by atoms with E-state index in [1.54, 1.807) is 0 Å². The van der Waals surface area contributed by atoms with Crippen LogP contribution in [-0.2, 0) is 4.74 Å². The first-order valence-electron chi connectivity index (χ1n) is 9.26. The van der Waals surface area contributed by atoms with Gasteiger partial charge in [-0.1, -0.05) is 25.1 Å². The van der Waals surface area contributed by atoms with Crippen molar-refractivity contribution < 1.29 is 9.53 Å². The molecule has 2 N–H and O–H groups in total. The van der Waals surface area contributed by atoms with Crippen LogP contribution in [0.3, 0.4) is 0 Å². The van der Waals surface area contributed by atoms with Crippen molar-refractivity contribution in [1.29, 1.82) is 0 Å². The number of piperidine rings is 1. The lowest BCUT2D eigenvalue weighted by Gasteiger charge is -2.51. The van der Waals surface area contributed by atoms with Gasteiger partial charge in [0.1, 0.15) is 0 Å². The molecule has 0 spiro atoms. The van der Waals surface area contributed by atoms with Crippen LogP contribution in [0.15, 0.2) is 24.3 Å². The summed E-state index contributed by atoms with van der Waals surface area (Å²) >= 11 is 0. The topological polar surface area (TPSA) is 70.2 Å². The second kappa shape index (κ2) is 6.77. The van der Waals surface area contributed by atoms with Crippen molar-refractivity contribution in [2.45, 2.75) is 57.3 Å². The van der Waals surface area contributed by atoms with Gasteiger partial charge in [0.25, 0.3) is 5.91 Å². The number of aromatic amines is 1. The van der Waals surface area contributed by atoms with Gasteiger partial charge in [-0.3, -0.25) is 14.8 Å². The molecule has 0 aliphatic carbocycles. The van der Waals surface area contributed by atoms with E-state index < -0.39 is 0 Å². The van der Waals surface area contributed by atoms with Gasteiger partial charge in [0.2, 0.25) is 0 Å². The summed E-state index contributed by atoms with van der Waals surface area (Å²) in [6, 6.07) is 9.27. The van der Waals surface area contributed by atoms with Crippen LogP contribution in [0, 0.1) is 0 Å². The number of ether oxygens (including phenoxy) is 1. The fraction of sp³-hybridized carbons (Fsp3) is 0.579. The number of hydrogen-bond acceptors (Lipinski definition) is 4. The Balaban J connectivity index is 1.48. The maximum Gasteiger partial charge on any atom is 0.272 e. The van der Waals surface area contributed by atoms with Gasteiger partial charge >= 0.3 is 0 Å². The summed E-state index contributed by atoms with van der Waals surface area (Å²) in [7, 11) is 0. The Kier molecular flexibility index (Phi) is 4.48. The smallest absolute Gasteiger partial charge is 0.272 e. The summed E-state index contributed by atoms with van der Waals surface area (Å²) in [4.78, 5) is 15.3. The molecule has 6 heteroatoms. The van der Waals surface area contributed by atoms with Gasteiger partial charge in [-0.2, -0.15) is 5.10 Å². The highest BCUT2D eigenvalue weighted by Crippen LogP contribution is 2.30. The van der Waals surface area contributed by atoms with Crippen LogP contribution in [0.5, 0.6) is 0 Å². The first-order chi connectivity index (χ1) is 12.2. The summed E-state index contributed by atoms with van der Waals surface area (Å²) in [6.45, 7) is 6.05. The Labute approximate surface area is 147 Å². The van der Waals surface area contributed by atoms with Crippen LogP contribution < -0.4 is 5.32 Å². The Hall–Kier alpha value is -1.92. The molecule has 134 valence electrons. The van der Waals surface area contributed by atoms with Crippen LogP contribution in [0.25, 0.3) is 10.9 Å². The minimum atomic E-state index is -0.0848. The number of rotatable bonds is 4. The zero-order valence-electron chi connectivity index (χ0n) is 14.9. The molecule has 2 aliphatic rings. The largest absolute Gasteiger partial charge is 0.378 e. The Bertz CT molecular complexity index is 745. The van der Waals surface area contributed by atoms with E-state index in [-0.39, 0.29) is 11.9 Å². The lowest BCUT2D eigenvalue weighted by molar-refractivity contribution is -0.0970. The molecule has 6 nitrogen and oxygen atoms in total. The molecule has 2 saturated heterocycles. The summed E-state index contributed by atoms with van der Waals surface area (Å²) in [5.74, 6) is -0.0848. The molecular weight excluding hydrogens is 316 g/mol. The van der Waals surface area contributed by atoms with Crippen molar-refractivity contribution in [3.63, 3.8) is 0 Å². The predicted molar refractivity (Wildman–Crippen MR) is 96.6 cm³/mol. The molecule has 2 aromatic rings. The Morgan fingerprint density at radius 1 is 1.36 bits per heavy atom. The lowest BCUT2D eigenvalue weighted by Crippen LogP contribution is -2.63. The van der Waals surface area contributed by atoms with Crippen molar-refractivity contribution in [2.75, 3.05) is 13.2 Å². The van der Waals surface area contributed by atoms with E-state index in [2.05, 4.69) is 34.3 Å². The van der Waals surface area contributed by atoms with E-state index in [0.29, 0.717) is 23.8 Å². The molecule has 0 radical (unpaired) electrons. The zero-order valence-corrected chi connectivity index (χ0v) is 14.9. The van der Waals surface area contributed by atoms with Gasteiger partial charge in [0.15, 0.2) is 5.69 Å². The van der Waals surface area contributed by atoms with Crippen molar-refractivity contribution in [3.05, 3.63) is 30.0 Å². The summed E-state index contributed by atoms with van der Waals surface area (Å²) in [5, 5.41) is 11.2. The minimum absolute atomic E-state index is 0.0848. The second-order valence-electron chi connectivity index (χ2n) is 7.31. The molecule has 1 aromatic carbocycles. The third-order valence-corrected chi connectivity index (χ3v) is 5.70. The number of benzene rings is 1. The van der Waals surface area contributed by atoms with Gasteiger partial charge in [-0.15, -0.1) is 0 Å². The minimum Gasteiger partial charge on any atom is -0.378 e. The van der Waals surface area contributed by atoms with E-state index in [9.17, 15) is 4.79 Å². The maximum atomic E-state index is 12.7. The average Bonchev–Trinajstić information content (AvgIpc) is 3.04. The number of nitrogens with zero attached hydrogens (tertiary/aromatic N) is 2. The van der Waals surface area contributed by atoms with E-state index in [4.69, 9.17) is 4.74 Å². The number of fused-ring (bicyclic) bond motifs is 3. The number of para-hydroxylation sites is 1. The highest BCUT2D eigenvalue weighted by molar-refractivity contribution is 6.04. The second-order valence-corrected chi connectivity index (χ2v) is 7.31. The maximum absolute atomic E-state index is 12.7. The van der Waals surface area contributed by atoms with Gasteiger partial charge in [0, 0.05) is 29.6 Å². The highest BCUT2D eigenvalue weighted by Gasteiger charge is 2.41. The number of morpholine rings is 1. The van der Waals surface area contributed by atoms with Crippen LogP contribution in [-0.4, -0.2) is 58.4 Å². The normalized spacial score (nSPS) is 28.0. The molecule has 25 heavy (non-hydrogen) atoms. The van der Waals surface area contributed by atoms with Crippen molar-refractivity contribution in [2.24, 2.45) is 0 Å². The van der Waals surface area contributed by atoms with Crippen molar-refractivity contribution in [3.8, 4) is 0 Å². The fourth-order valence-corrected chi connectivity index (χ4v) is 4.38. The molecule has 2 fully saturated rings. The fourth-order valence-electron chi connectivity index (χ4n) is 4.38. The van der Waals surface area contributed by atoms with Gasteiger partial charge < -0.3 is 10.1 Å². The number of H-pyrrole nitrogens is 1. The molecule has 1 amide bonds. The molecule has 4 atom stereocenters. The van der Waals surface area contributed by atoms with E-state index >= 15 is 0 Å². The quantitative estimate of drug-likeness (QED) is 0.895. The molecule has 0 saturated carbocycles. The molecular formula is C19H26N4O2. The van der Waals surface area contributed by atoms with Crippen LogP contribution >= 0.6 is 0 Å². The summed E-state index contributed by atoms with van der Waals surface area (Å²) < 4.78 is 5.77. The Morgan fingerprint density at radius 2 is 2.08 bits per heavy atom. The predicted octanol–water partition coefficient (Wildman–Crippen LogP) is 2.32. The van der Waals surface area contributed by atoms with E-state index in [1.165, 1.54) is 0 Å². The number of nitrogens with one attached hydrogen (secondary N) is 2. The zero-order chi connectivity index (χ0) is 17.4. The summed E-state index contributed by atoms with van der Waals surface area (Å²) in [6.07, 6.45) is 3.02. The number of carbonyl (C=O) groups excluding carboxylic acids is 1.